The van der Waals surface area contributed by atoms with Gasteiger partial charge >= 0.3 is 12.0 Å². The molecule has 0 spiro atoms. The predicted molar refractivity (Wildman–Crippen MR) is 43.4 cm³/mol. The van der Waals surface area contributed by atoms with Gasteiger partial charge in [-0.05, 0) is 0 Å². The molecule has 72 valence electrons. The molecule has 0 saturated carbocycles. The van der Waals surface area contributed by atoms with Crippen LogP contribution in [0.4, 0.5) is 5.95 Å². The Morgan fingerprint density at radius 3 is 2.62 bits per heavy atom. The minimum absolute atomic E-state index is 0.0137. The first kappa shape index (κ1) is 9.46. The molecule has 0 aliphatic heterocycles. The Bertz CT molecular complexity index is 281. The van der Waals surface area contributed by atoms with E-state index < -0.39 is 0 Å². The third kappa shape index (κ3) is 2.71. The molecule has 0 radical (unpaired) electrons. The molecule has 0 atom stereocenters. The van der Waals surface area contributed by atoms with Crippen molar-refractivity contribution in [3.05, 3.63) is 0 Å². The SMILES string of the molecule is COc1nc(N)nc(OCCO)n1. The number of nitrogens with zero attached hydrogens (tertiary/aromatic N) is 3. The zero-order chi connectivity index (χ0) is 9.68. The van der Waals surface area contributed by atoms with E-state index in [0.717, 1.165) is 0 Å². The highest BCUT2D eigenvalue weighted by atomic mass is 16.5. The molecule has 3 N–H and O–H groups in total. The topological polar surface area (TPSA) is 103 Å². The van der Waals surface area contributed by atoms with Crippen molar-refractivity contribution in [1.82, 2.24) is 15.0 Å². The van der Waals surface area contributed by atoms with Gasteiger partial charge in [0.15, 0.2) is 0 Å². The van der Waals surface area contributed by atoms with Crippen LogP contribution in [0.3, 0.4) is 0 Å². The Hall–Kier alpha value is -1.63. The van der Waals surface area contributed by atoms with E-state index in [2.05, 4.69) is 15.0 Å². The average molecular weight is 186 g/mol. The van der Waals surface area contributed by atoms with Crippen molar-refractivity contribution >= 4 is 5.95 Å². The molecule has 1 aromatic heterocycles. The highest BCUT2D eigenvalue weighted by Gasteiger charge is 2.04. The Balaban J connectivity index is 2.76. The smallest absolute Gasteiger partial charge is 0.324 e. The summed E-state index contributed by atoms with van der Waals surface area (Å²) >= 11 is 0. The summed E-state index contributed by atoms with van der Waals surface area (Å²) in [4.78, 5) is 11.0. The van der Waals surface area contributed by atoms with Crippen LogP contribution in [0, 0.1) is 0 Å². The van der Waals surface area contributed by atoms with E-state index in [1.54, 1.807) is 0 Å². The number of nitrogens with two attached hydrogens (primary N) is 1. The molecule has 1 rings (SSSR count). The number of aliphatic hydroxyl groups is 1. The summed E-state index contributed by atoms with van der Waals surface area (Å²) in [6.45, 7) is -0.0134. The number of hydrogen-bond acceptors (Lipinski definition) is 7. The maximum Gasteiger partial charge on any atom is 0.324 e. The number of methoxy groups -OCH3 is 1. The predicted octanol–water partition coefficient (Wildman–Crippen LogP) is -1.17. The number of ether oxygens (including phenoxy) is 2. The van der Waals surface area contributed by atoms with E-state index in [9.17, 15) is 0 Å². The van der Waals surface area contributed by atoms with Gasteiger partial charge in [-0.25, -0.2) is 0 Å². The van der Waals surface area contributed by atoms with Crippen molar-refractivity contribution in [2.24, 2.45) is 0 Å². The highest BCUT2D eigenvalue weighted by Crippen LogP contribution is 2.09. The van der Waals surface area contributed by atoms with Crippen molar-refractivity contribution in [3.63, 3.8) is 0 Å². The maximum atomic E-state index is 8.46. The minimum atomic E-state index is -0.117. The van der Waals surface area contributed by atoms with Crippen molar-refractivity contribution in [1.29, 1.82) is 0 Å². The lowest BCUT2D eigenvalue weighted by Gasteiger charge is -2.03. The third-order valence-corrected chi connectivity index (χ3v) is 1.12. The van der Waals surface area contributed by atoms with E-state index in [1.807, 2.05) is 0 Å². The zero-order valence-corrected chi connectivity index (χ0v) is 7.10. The Morgan fingerprint density at radius 1 is 1.31 bits per heavy atom. The first-order valence-electron chi connectivity index (χ1n) is 3.55. The normalized spacial score (nSPS) is 9.69. The summed E-state index contributed by atoms with van der Waals surface area (Å²) in [5.74, 6) is 0.0137. The first-order chi connectivity index (χ1) is 6.26. The molecular formula is C6H10N4O3. The van der Waals surface area contributed by atoms with Crippen molar-refractivity contribution in [2.75, 3.05) is 26.1 Å². The van der Waals surface area contributed by atoms with E-state index >= 15 is 0 Å². The molecule has 0 aliphatic rings. The number of aliphatic hydroxyl groups excluding tert-OH is 1. The third-order valence-electron chi connectivity index (χ3n) is 1.12. The highest BCUT2D eigenvalue weighted by molar-refractivity contribution is 5.20. The molecule has 0 bridgehead atoms. The van der Waals surface area contributed by atoms with Gasteiger partial charge < -0.3 is 20.3 Å². The number of hydrogen-bond donors (Lipinski definition) is 2. The molecule has 0 aliphatic carbocycles. The number of aromatic nitrogens is 3. The monoisotopic (exact) mass is 186 g/mol. The molecule has 7 heteroatoms. The molecule has 0 amide bonds. The van der Waals surface area contributed by atoms with E-state index in [4.69, 9.17) is 20.3 Å². The van der Waals surface area contributed by atoms with Gasteiger partial charge in [-0.15, -0.1) is 4.98 Å². The van der Waals surface area contributed by atoms with E-state index in [-0.39, 0.29) is 31.2 Å². The van der Waals surface area contributed by atoms with Crippen LogP contribution in [-0.2, 0) is 0 Å². The van der Waals surface area contributed by atoms with Crippen LogP contribution in [0.5, 0.6) is 12.0 Å². The van der Waals surface area contributed by atoms with Crippen molar-refractivity contribution < 1.29 is 14.6 Å². The number of nitrogen functional groups attached to an aromatic ring is 1. The van der Waals surface area contributed by atoms with E-state index in [1.165, 1.54) is 7.11 Å². The summed E-state index contributed by atoms with van der Waals surface area (Å²) < 4.78 is 9.64. The largest absolute Gasteiger partial charge is 0.467 e. The Morgan fingerprint density at radius 2 is 2.00 bits per heavy atom. The van der Waals surface area contributed by atoms with Gasteiger partial charge in [-0.3, -0.25) is 0 Å². The zero-order valence-electron chi connectivity index (χ0n) is 7.10. The van der Waals surface area contributed by atoms with Gasteiger partial charge in [-0.2, -0.15) is 9.97 Å². The van der Waals surface area contributed by atoms with E-state index in [0.29, 0.717) is 0 Å². The average Bonchev–Trinajstić information content (AvgIpc) is 2.14. The second kappa shape index (κ2) is 4.41. The fourth-order valence-corrected chi connectivity index (χ4v) is 0.646. The molecule has 1 aromatic rings. The van der Waals surface area contributed by atoms with Crippen LogP contribution in [-0.4, -0.2) is 40.4 Å². The lowest BCUT2D eigenvalue weighted by Crippen LogP contribution is -2.08. The molecule has 0 aromatic carbocycles. The molecule has 13 heavy (non-hydrogen) atoms. The van der Waals surface area contributed by atoms with Gasteiger partial charge in [0.2, 0.25) is 5.95 Å². The van der Waals surface area contributed by atoms with Gasteiger partial charge in [0.1, 0.15) is 6.61 Å². The van der Waals surface area contributed by atoms with Crippen LogP contribution in [0.15, 0.2) is 0 Å². The second-order valence-electron chi connectivity index (χ2n) is 2.03. The minimum Gasteiger partial charge on any atom is -0.467 e. The summed E-state index contributed by atoms with van der Waals surface area (Å²) in [5, 5.41) is 8.46. The molecule has 7 nitrogen and oxygen atoms in total. The first-order valence-corrected chi connectivity index (χ1v) is 3.55. The summed E-state index contributed by atoms with van der Waals surface area (Å²) in [6.07, 6.45) is 0. The number of anilines is 1. The standard InChI is InChI=1S/C6H10N4O3/c1-12-5-8-4(7)9-6(10-5)13-3-2-11/h11H,2-3H2,1H3,(H2,7,8,9,10). The lowest BCUT2D eigenvalue weighted by molar-refractivity contribution is 0.189. The van der Waals surface area contributed by atoms with Gasteiger partial charge in [0, 0.05) is 0 Å². The maximum absolute atomic E-state index is 8.46. The van der Waals surface area contributed by atoms with Crippen molar-refractivity contribution in [3.8, 4) is 12.0 Å². The molecule has 1 heterocycles. The Labute approximate surface area is 74.5 Å². The molecule has 0 saturated heterocycles. The molecule has 0 unspecified atom stereocenters. The fourth-order valence-electron chi connectivity index (χ4n) is 0.646. The quantitative estimate of drug-likeness (QED) is 0.610. The van der Waals surface area contributed by atoms with Gasteiger partial charge in [0.05, 0.1) is 13.7 Å². The van der Waals surface area contributed by atoms with Gasteiger partial charge in [-0.1, -0.05) is 0 Å². The fraction of sp³-hybridized carbons (Fsp3) is 0.500. The van der Waals surface area contributed by atoms with Crippen molar-refractivity contribution in [2.45, 2.75) is 0 Å². The van der Waals surface area contributed by atoms with Crippen LogP contribution < -0.4 is 15.2 Å². The van der Waals surface area contributed by atoms with Crippen LogP contribution >= 0.6 is 0 Å². The van der Waals surface area contributed by atoms with Crippen LogP contribution in [0.2, 0.25) is 0 Å². The molecule has 0 fully saturated rings. The van der Waals surface area contributed by atoms with Crippen LogP contribution in [0.1, 0.15) is 0 Å². The second-order valence-corrected chi connectivity index (χ2v) is 2.03. The Kier molecular flexibility index (Phi) is 3.21. The number of rotatable bonds is 4. The lowest BCUT2D eigenvalue weighted by atomic mass is 10.8. The van der Waals surface area contributed by atoms with Gasteiger partial charge in [0.25, 0.3) is 0 Å². The summed E-state index contributed by atoms with van der Waals surface area (Å²) in [5.41, 5.74) is 5.32. The molecular weight excluding hydrogens is 176 g/mol. The van der Waals surface area contributed by atoms with Crippen LogP contribution in [0.25, 0.3) is 0 Å². The summed E-state index contributed by atoms with van der Waals surface area (Å²) in [6, 6.07) is 0.124. The summed E-state index contributed by atoms with van der Waals surface area (Å²) in [7, 11) is 1.41.